The summed E-state index contributed by atoms with van der Waals surface area (Å²) in [5.74, 6) is 0.0865. The third kappa shape index (κ3) is 2.56. The van der Waals surface area contributed by atoms with Gasteiger partial charge in [-0.3, -0.25) is 9.48 Å². The van der Waals surface area contributed by atoms with Gasteiger partial charge in [0.25, 0.3) is 0 Å². The first-order chi connectivity index (χ1) is 8.52. The number of hydrogen-bond donors (Lipinski definition) is 2. The molecule has 0 aromatic carbocycles. The Hall–Kier alpha value is -1.36. The van der Waals surface area contributed by atoms with Gasteiger partial charge in [-0.05, 0) is 25.8 Å². The number of carbonyl (C=O) groups is 1. The van der Waals surface area contributed by atoms with Gasteiger partial charge in [0.05, 0.1) is 11.1 Å². The summed E-state index contributed by atoms with van der Waals surface area (Å²) in [6, 6.07) is 1.96. The molecule has 1 aromatic heterocycles. The Bertz CT molecular complexity index is 428. The molecule has 1 amide bonds. The summed E-state index contributed by atoms with van der Waals surface area (Å²) in [5, 5.41) is 7.26. The quantitative estimate of drug-likeness (QED) is 0.821. The number of nitrogens with two attached hydrogens (primary N) is 1. The number of amides is 1. The fourth-order valence-corrected chi connectivity index (χ4v) is 2.58. The maximum absolute atomic E-state index is 12.2. The Balaban J connectivity index is 1.81. The van der Waals surface area contributed by atoms with Crippen LogP contribution >= 0.6 is 0 Å². The molecule has 0 bridgehead atoms. The van der Waals surface area contributed by atoms with Crippen LogP contribution in [0.4, 0.5) is 0 Å². The highest BCUT2D eigenvalue weighted by molar-refractivity contribution is 5.83. The Kier molecular flexibility index (Phi) is 3.71. The number of hydrogen-bond acceptors (Lipinski definition) is 3. The van der Waals surface area contributed by atoms with Crippen molar-refractivity contribution in [2.45, 2.75) is 38.6 Å². The Morgan fingerprint density at radius 1 is 1.72 bits per heavy atom. The molecule has 3 N–H and O–H groups in total. The number of carbonyl (C=O) groups excluding carboxylic acids is 1. The van der Waals surface area contributed by atoms with E-state index in [1.807, 2.05) is 26.2 Å². The number of nitrogens with zero attached hydrogens (tertiary/aromatic N) is 2. The highest BCUT2D eigenvalue weighted by Crippen LogP contribution is 2.36. The monoisotopic (exact) mass is 250 g/mol. The standard InChI is InChI=1S/C13H22N4O/c1-13(7-3-4-11(13)14)12(18)15-8-5-10-6-9-17(2)16-10/h6,9,11H,3-5,7-8,14H2,1-2H3,(H,15,18). The molecule has 1 aliphatic carbocycles. The Morgan fingerprint density at radius 3 is 3.06 bits per heavy atom. The molecule has 1 aromatic rings. The Labute approximate surface area is 108 Å². The van der Waals surface area contributed by atoms with Crippen LogP contribution in [0.3, 0.4) is 0 Å². The number of nitrogens with one attached hydrogen (secondary N) is 1. The van der Waals surface area contributed by atoms with Crippen LogP contribution in [0.2, 0.25) is 0 Å². The van der Waals surface area contributed by atoms with E-state index in [-0.39, 0.29) is 17.4 Å². The summed E-state index contributed by atoms with van der Waals surface area (Å²) in [4.78, 5) is 12.2. The summed E-state index contributed by atoms with van der Waals surface area (Å²) in [5.41, 5.74) is 6.64. The lowest BCUT2D eigenvalue weighted by molar-refractivity contribution is -0.130. The van der Waals surface area contributed by atoms with Crippen molar-refractivity contribution in [3.8, 4) is 0 Å². The van der Waals surface area contributed by atoms with E-state index in [1.54, 1.807) is 4.68 Å². The maximum Gasteiger partial charge on any atom is 0.227 e. The highest BCUT2D eigenvalue weighted by atomic mass is 16.2. The second-order valence-corrected chi connectivity index (χ2v) is 5.40. The molecule has 5 nitrogen and oxygen atoms in total. The lowest BCUT2D eigenvalue weighted by atomic mass is 9.84. The van der Waals surface area contributed by atoms with Gasteiger partial charge in [0.1, 0.15) is 0 Å². The molecule has 2 rings (SSSR count). The van der Waals surface area contributed by atoms with Crippen molar-refractivity contribution in [2.24, 2.45) is 18.2 Å². The number of aryl methyl sites for hydroxylation is 1. The van der Waals surface area contributed by atoms with E-state index in [0.29, 0.717) is 6.54 Å². The van der Waals surface area contributed by atoms with Gasteiger partial charge in [0.15, 0.2) is 0 Å². The van der Waals surface area contributed by atoms with Gasteiger partial charge in [-0.2, -0.15) is 5.10 Å². The second kappa shape index (κ2) is 5.10. The van der Waals surface area contributed by atoms with Crippen LogP contribution in [0.25, 0.3) is 0 Å². The van der Waals surface area contributed by atoms with Crippen LogP contribution in [-0.4, -0.2) is 28.3 Å². The lowest BCUT2D eigenvalue weighted by Gasteiger charge is -2.27. The van der Waals surface area contributed by atoms with Crippen LogP contribution in [0.5, 0.6) is 0 Å². The molecule has 1 heterocycles. The summed E-state index contributed by atoms with van der Waals surface area (Å²) in [6.45, 7) is 2.60. The smallest absolute Gasteiger partial charge is 0.227 e. The van der Waals surface area contributed by atoms with E-state index in [4.69, 9.17) is 5.73 Å². The second-order valence-electron chi connectivity index (χ2n) is 5.40. The van der Waals surface area contributed by atoms with Crippen LogP contribution in [-0.2, 0) is 18.3 Å². The first-order valence-electron chi connectivity index (χ1n) is 6.55. The highest BCUT2D eigenvalue weighted by Gasteiger charge is 2.42. The van der Waals surface area contributed by atoms with Crippen molar-refractivity contribution in [3.63, 3.8) is 0 Å². The van der Waals surface area contributed by atoms with Crippen LogP contribution in [0.15, 0.2) is 12.3 Å². The zero-order valence-electron chi connectivity index (χ0n) is 11.1. The van der Waals surface area contributed by atoms with Crippen molar-refractivity contribution in [1.82, 2.24) is 15.1 Å². The topological polar surface area (TPSA) is 72.9 Å². The third-order valence-corrected chi connectivity index (χ3v) is 3.98. The molecule has 0 aliphatic heterocycles. The lowest BCUT2D eigenvalue weighted by Crippen LogP contribution is -2.47. The molecule has 1 saturated carbocycles. The molecule has 5 heteroatoms. The van der Waals surface area contributed by atoms with E-state index >= 15 is 0 Å². The minimum Gasteiger partial charge on any atom is -0.355 e. The van der Waals surface area contributed by atoms with Gasteiger partial charge in [0.2, 0.25) is 5.91 Å². The third-order valence-electron chi connectivity index (χ3n) is 3.98. The summed E-state index contributed by atoms with van der Waals surface area (Å²) < 4.78 is 1.77. The summed E-state index contributed by atoms with van der Waals surface area (Å²) in [7, 11) is 1.89. The van der Waals surface area contributed by atoms with Gasteiger partial charge in [-0.1, -0.05) is 6.42 Å². The first kappa shape index (κ1) is 13.1. The number of aromatic nitrogens is 2. The minimum absolute atomic E-state index is 0.00708. The normalized spacial score (nSPS) is 27.4. The molecule has 0 radical (unpaired) electrons. The fourth-order valence-electron chi connectivity index (χ4n) is 2.58. The van der Waals surface area contributed by atoms with Crippen LogP contribution < -0.4 is 11.1 Å². The van der Waals surface area contributed by atoms with Gasteiger partial charge in [0, 0.05) is 32.3 Å². The summed E-state index contributed by atoms with van der Waals surface area (Å²) >= 11 is 0. The molecule has 18 heavy (non-hydrogen) atoms. The van der Waals surface area contributed by atoms with Gasteiger partial charge >= 0.3 is 0 Å². The predicted octanol–water partition coefficient (Wildman–Crippen LogP) is 0.596. The average Bonchev–Trinajstić information content (AvgIpc) is 2.88. The molecule has 100 valence electrons. The van der Waals surface area contributed by atoms with Gasteiger partial charge in [-0.15, -0.1) is 0 Å². The Morgan fingerprint density at radius 2 is 2.50 bits per heavy atom. The van der Waals surface area contributed by atoms with E-state index < -0.39 is 0 Å². The SMILES string of the molecule is Cn1ccc(CCNC(=O)C2(C)CCCC2N)n1. The van der Waals surface area contributed by atoms with Crippen molar-refractivity contribution in [1.29, 1.82) is 0 Å². The molecule has 0 spiro atoms. The van der Waals surface area contributed by atoms with E-state index in [9.17, 15) is 4.79 Å². The molecule has 2 unspecified atom stereocenters. The van der Waals surface area contributed by atoms with Gasteiger partial charge < -0.3 is 11.1 Å². The van der Waals surface area contributed by atoms with Crippen molar-refractivity contribution >= 4 is 5.91 Å². The minimum atomic E-state index is -0.385. The molecule has 1 fully saturated rings. The zero-order valence-corrected chi connectivity index (χ0v) is 11.1. The largest absolute Gasteiger partial charge is 0.355 e. The van der Waals surface area contributed by atoms with Crippen molar-refractivity contribution in [2.75, 3.05) is 6.54 Å². The fraction of sp³-hybridized carbons (Fsp3) is 0.692. The number of rotatable bonds is 4. The predicted molar refractivity (Wildman–Crippen MR) is 69.9 cm³/mol. The van der Waals surface area contributed by atoms with Gasteiger partial charge in [-0.25, -0.2) is 0 Å². The zero-order chi connectivity index (χ0) is 13.2. The average molecular weight is 250 g/mol. The molecular weight excluding hydrogens is 228 g/mol. The van der Waals surface area contributed by atoms with E-state index in [1.165, 1.54) is 0 Å². The molecule has 0 saturated heterocycles. The first-order valence-corrected chi connectivity index (χ1v) is 6.55. The van der Waals surface area contributed by atoms with Crippen molar-refractivity contribution < 1.29 is 4.79 Å². The summed E-state index contributed by atoms with van der Waals surface area (Å²) in [6.07, 6.45) is 5.56. The van der Waals surface area contributed by atoms with Crippen LogP contribution in [0, 0.1) is 5.41 Å². The molecular formula is C13H22N4O. The van der Waals surface area contributed by atoms with Crippen molar-refractivity contribution in [3.05, 3.63) is 18.0 Å². The van der Waals surface area contributed by atoms with Crippen LogP contribution in [0.1, 0.15) is 31.9 Å². The van der Waals surface area contributed by atoms with E-state index in [0.717, 1.165) is 31.4 Å². The van der Waals surface area contributed by atoms with E-state index in [2.05, 4.69) is 10.4 Å². The molecule has 2 atom stereocenters. The maximum atomic E-state index is 12.2. The molecule has 1 aliphatic rings.